The highest BCUT2D eigenvalue weighted by atomic mass is 35.5. The molecule has 2 atom stereocenters. The van der Waals surface area contributed by atoms with Gasteiger partial charge in [0, 0.05) is 25.2 Å². The van der Waals surface area contributed by atoms with E-state index < -0.39 is 5.82 Å². The molecule has 2 unspecified atom stereocenters. The van der Waals surface area contributed by atoms with Crippen molar-refractivity contribution in [2.45, 2.75) is 25.9 Å². The predicted molar refractivity (Wildman–Crippen MR) is 69.4 cm³/mol. The van der Waals surface area contributed by atoms with Crippen molar-refractivity contribution >= 4 is 17.5 Å². The van der Waals surface area contributed by atoms with Gasteiger partial charge in [0.25, 0.3) is 5.91 Å². The number of hydrogen-bond donors (Lipinski definition) is 1. The molecule has 18 heavy (non-hydrogen) atoms. The quantitative estimate of drug-likeness (QED) is 0.849. The van der Waals surface area contributed by atoms with E-state index in [1.54, 1.807) is 4.90 Å². The molecule has 0 aliphatic carbocycles. The summed E-state index contributed by atoms with van der Waals surface area (Å²) >= 11 is 5.92. The minimum atomic E-state index is -0.432. The van der Waals surface area contributed by atoms with Gasteiger partial charge >= 0.3 is 0 Å². The van der Waals surface area contributed by atoms with Crippen LogP contribution in [0.1, 0.15) is 24.2 Å². The fraction of sp³-hybridized carbons (Fsp3) is 0.462. The number of piperazine rings is 1. The fourth-order valence-corrected chi connectivity index (χ4v) is 2.37. The Hall–Kier alpha value is -1.13. The number of halogens is 2. The number of nitrogens with one attached hydrogen (secondary N) is 1. The summed E-state index contributed by atoms with van der Waals surface area (Å²) in [6.07, 6.45) is 0. The van der Waals surface area contributed by atoms with Crippen LogP contribution in [0.2, 0.25) is 5.02 Å². The zero-order chi connectivity index (χ0) is 13.3. The van der Waals surface area contributed by atoms with E-state index in [1.165, 1.54) is 18.2 Å². The number of carbonyl (C=O) groups excluding carboxylic acids is 1. The number of amides is 1. The molecule has 0 bridgehead atoms. The van der Waals surface area contributed by atoms with E-state index in [1.807, 2.05) is 13.8 Å². The normalized spacial score (nSPS) is 24.1. The lowest BCUT2D eigenvalue weighted by Gasteiger charge is -2.37. The van der Waals surface area contributed by atoms with E-state index in [9.17, 15) is 9.18 Å². The summed E-state index contributed by atoms with van der Waals surface area (Å²) in [7, 11) is 0. The molecule has 1 aromatic carbocycles. The third kappa shape index (κ3) is 2.65. The second-order valence-electron chi connectivity index (χ2n) is 4.74. The average molecular weight is 271 g/mol. The standard InChI is InChI=1S/C13H16ClFN2O/c1-8-7-17(9(2)6-16-8)13(18)11-4-3-10(15)5-12(11)14/h3-5,8-9,16H,6-7H2,1-2H3. The van der Waals surface area contributed by atoms with Crippen LogP contribution in [0.25, 0.3) is 0 Å². The number of benzene rings is 1. The maximum atomic E-state index is 13.0. The molecule has 0 aromatic heterocycles. The molecule has 98 valence electrons. The van der Waals surface area contributed by atoms with Gasteiger partial charge in [-0.2, -0.15) is 0 Å². The molecule has 3 nitrogen and oxygen atoms in total. The Morgan fingerprint density at radius 2 is 2.22 bits per heavy atom. The molecule has 5 heteroatoms. The Kier molecular flexibility index (Phi) is 3.88. The third-order valence-electron chi connectivity index (χ3n) is 3.19. The highest BCUT2D eigenvalue weighted by molar-refractivity contribution is 6.33. The number of hydrogen-bond acceptors (Lipinski definition) is 2. The van der Waals surface area contributed by atoms with Gasteiger partial charge in [0.1, 0.15) is 5.82 Å². The van der Waals surface area contributed by atoms with Gasteiger partial charge in [0.2, 0.25) is 0 Å². The van der Waals surface area contributed by atoms with Gasteiger partial charge in [-0.1, -0.05) is 11.6 Å². The van der Waals surface area contributed by atoms with Crippen molar-refractivity contribution in [3.05, 3.63) is 34.6 Å². The highest BCUT2D eigenvalue weighted by Gasteiger charge is 2.28. The van der Waals surface area contributed by atoms with Gasteiger partial charge in [0.15, 0.2) is 0 Å². The summed E-state index contributed by atoms with van der Waals surface area (Å²) in [4.78, 5) is 14.2. The van der Waals surface area contributed by atoms with Crippen molar-refractivity contribution in [2.75, 3.05) is 13.1 Å². The second kappa shape index (κ2) is 5.24. The van der Waals surface area contributed by atoms with Crippen LogP contribution in [-0.2, 0) is 0 Å². The molecule has 1 fully saturated rings. The van der Waals surface area contributed by atoms with Crippen LogP contribution in [0, 0.1) is 5.82 Å². The largest absolute Gasteiger partial charge is 0.333 e. The Labute approximate surface area is 111 Å². The Balaban J connectivity index is 2.24. The topological polar surface area (TPSA) is 32.3 Å². The molecule has 1 saturated heterocycles. The molecule has 1 aliphatic rings. The van der Waals surface area contributed by atoms with Crippen molar-refractivity contribution < 1.29 is 9.18 Å². The van der Waals surface area contributed by atoms with Crippen LogP contribution in [0.3, 0.4) is 0 Å². The zero-order valence-corrected chi connectivity index (χ0v) is 11.2. The van der Waals surface area contributed by atoms with E-state index in [-0.39, 0.29) is 23.0 Å². The van der Waals surface area contributed by atoms with E-state index >= 15 is 0 Å². The van der Waals surface area contributed by atoms with Gasteiger partial charge in [-0.05, 0) is 32.0 Å². The monoisotopic (exact) mass is 270 g/mol. The highest BCUT2D eigenvalue weighted by Crippen LogP contribution is 2.21. The maximum absolute atomic E-state index is 13.0. The zero-order valence-electron chi connectivity index (χ0n) is 10.4. The Morgan fingerprint density at radius 3 is 2.89 bits per heavy atom. The van der Waals surface area contributed by atoms with Crippen LogP contribution >= 0.6 is 11.6 Å². The van der Waals surface area contributed by atoms with Gasteiger partial charge in [0.05, 0.1) is 10.6 Å². The van der Waals surface area contributed by atoms with Crippen molar-refractivity contribution in [3.8, 4) is 0 Å². The first-order chi connectivity index (χ1) is 8.49. The van der Waals surface area contributed by atoms with Crippen molar-refractivity contribution in [1.82, 2.24) is 10.2 Å². The molecule has 1 N–H and O–H groups in total. The minimum Gasteiger partial charge on any atom is -0.333 e. The van der Waals surface area contributed by atoms with Gasteiger partial charge in [-0.15, -0.1) is 0 Å². The molecule has 0 spiro atoms. The Bertz CT molecular complexity index is 466. The first-order valence-electron chi connectivity index (χ1n) is 5.98. The molecular weight excluding hydrogens is 255 g/mol. The van der Waals surface area contributed by atoms with Crippen LogP contribution in [0.4, 0.5) is 4.39 Å². The summed E-state index contributed by atoms with van der Waals surface area (Å²) in [5.74, 6) is -0.570. The fourth-order valence-electron chi connectivity index (χ4n) is 2.12. The smallest absolute Gasteiger partial charge is 0.255 e. The van der Waals surface area contributed by atoms with Crippen LogP contribution in [-0.4, -0.2) is 36.0 Å². The maximum Gasteiger partial charge on any atom is 0.255 e. The third-order valence-corrected chi connectivity index (χ3v) is 3.50. The molecule has 0 saturated carbocycles. The van der Waals surface area contributed by atoms with E-state index in [2.05, 4.69) is 5.32 Å². The molecule has 1 heterocycles. The molecule has 0 radical (unpaired) electrons. The first-order valence-corrected chi connectivity index (χ1v) is 6.36. The number of carbonyl (C=O) groups is 1. The van der Waals surface area contributed by atoms with Gasteiger partial charge in [-0.3, -0.25) is 4.79 Å². The molecule has 1 aromatic rings. The lowest BCUT2D eigenvalue weighted by molar-refractivity contribution is 0.0616. The number of rotatable bonds is 1. The van der Waals surface area contributed by atoms with Crippen LogP contribution in [0.5, 0.6) is 0 Å². The summed E-state index contributed by atoms with van der Waals surface area (Å²) in [6, 6.07) is 4.24. The summed E-state index contributed by atoms with van der Waals surface area (Å²) in [5, 5.41) is 3.47. The SMILES string of the molecule is CC1CN(C(=O)c2ccc(F)cc2Cl)C(C)CN1. The molecule has 1 amide bonds. The van der Waals surface area contributed by atoms with Crippen molar-refractivity contribution in [1.29, 1.82) is 0 Å². The van der Waals surface area contributed by atoms with Crippen LogP contribution in [0.15, 0.2) is 18.2 Å². The van der Waals surface area contributed by atoms with E-state index in [0.717, 1.165) is 6.54 Å². The van der Waals surface area contributed by atoms with Crippen molar-refractivity contribution in [3.63, 3.8) is 0 Å². The minimum absolute atomic E-state index is 0.106. The Morgan fingerprint density at radius 1 is 1.50 bits per heavy atom. The average Bonchev–Trinajstić information content (AvgIpc) is 2.31. The van der Waals surface area contributed by atoms with Gasteiger partial charge in [-0.25, -0.2) is 4.39 Å². The van der Waals surface area contributed by atoms with E-state index in [4.69, 9.17) is 11.6 Å². The number of nitrogens with zero attached hydrogens (tertiary/aromatic N) is 1. The molecular formula is C13H16ClFN2O. The lowest BCUT2D eigenvalue weighted by Crippen LogP contribution is -2.56. The summed E-state index contributed by atoms with van der Waals surface area (Å²) < 4.78 is 13.0. The van der Waals surface area contributed by atoms with E-state index in [0.29, 0.717) is 12.1 Å². The lowest BCUT2D eigenvalue weighted by atomic mass is 10.1. The van der Waals surface area contributed by atoms with Crippen molar-refractivity contribution in [2.24, 2.45) is 0 Å². The molecule has 2 rings (SSSR count). The summed E-state index contributed by atoms with van der Waals surface area (Å²) in [5.41, 5.74) is 0.360. The van der Waals surface area contributed by atoms with Crippen LogP contribution < -0.4 is 5.32 Å². The van der Waals surface area contributed by atoms with Gasteiger partial charge < -0.3 is 10.2 Å². The second-order valence-corrected chi connectivity index (χ2v) is 5.15. The first kappa shape index (κ1) is 13.3. The summed E-state index contributed by atoms with van der Waals surface area (Å²) in [6.45, 7) is 5.39. The predicted octanol–water partition coefficient (Wildman–Crippen LogP) is 2.30. The molecule has 1 aliphatic heterocycles.